The Morgan fingerprint density at radius 3 is 1.02 bits per heavy atom. The summed E-state index contributed by atoms with van der Waals surface area (Å²) in [6, 6.07) is 107. The van der Waals surface area contributed by atoms with Gasteiger partial charge in [0.15, 0.2) is 34.9 Å². The van der Waals surface area contributed by atoms with Crippen molar-refractivity contribution >= 4 is 131 Å². The van der Waals surface area contributed by atoms with Gasteiger partial charge >= 0.3 is 0 Å². The predicted molar refractivity (Wildman–Crippen MR) is 429 cm³/mol. The van der Waals surface area contributed by atoms with Gasteiger partial charge in [0.05, 0.1) is 31.6 Å². The van der Waals surface area contributed by atoms with Crippen LogP contribution in [0.5, 0.6) is 0 Å². The molecule has 0 aliphatic carbocycles. The molecule has 0 bridgehead atoms. The molecule has 14 heteroatoms. The number of fused-ring (bicyclic) bond motifs is 14. The average Bonchev–Trinajstić information content (AvgIpc) is 1.53. The van der Waals surface area contributed by atoms with Gasteiger partial charge in [0.1, 0.15) is 54.7 Å². The fourth-order valence-corrected chi connectivity index (χ4v) is 16.6. The Labute approximate surface area is 611 Å². The molecule has 22 rings (SSSR count). The SMILES string of the molecule is c1ccc(-c2nc(-c3ccc(-c4cccc5c4oc4ccccc45)cc3)nc(-c3cccc4oc5c(-c6nc7ccccc7s6)cccc5c34)n2)cc1.c1ccc(-c2nc(-c3cccc(-c4cccc5c4oc4ccccc45)c3)nc(-c3cccc4oc5c(-c6nc7ccccc7s6)cccc5c34)n2)cc1. The van der Waals surface area contributed by atoms with Crippen molar-refractivity contribution in [1.29, 1.82) is 0 Å². The van der Waals surface area contributed by atoms with Gasteiger partial charge in [-0.25, -0.2) is 39.9 Å². The minimum atomic E-state index is 0.567. The van der Waals surface area contributed by atoms with Crippen LogP contribution in [0.2, 0.25) is 0 Å². The molecule has 0 aliphatic rings. The van der Waals surface area contributed by atoms with Crippen LogP contribution in [-0.2, 0) is 0 Å². The average molecular weight is 1400 g/mol. The zero-order valence-corrected chi connectivity index (χ0v) is 57.7. The quantitative estimate of drug-likeness (QED) is 0.128. The van der Waals surface area contributed by atoms with Crippen molar-refractivity contribution in [1.82, 2.24) is 39.9 Å². The number of para-hydroxylation sites is 8. The highest BCUT2D eigenvalue weighted by atomic mass is 32.1. The Morgan fingerprint density at radius 2 is 0.519 bits per heavy atom. The van der Waals surface area contributed by atoms with Crippen molar-refractivity contribution in [2.75, 3.05) is 0 Å². The lowest BCUT2D eigenvalue weighted by Gasteiger charge is -2.10. The summed E-state index contributed by atoms with van der Waals surface area (Å²) in [5.41, 5.74) is 19.9. The molecule has 0 unspecified atom stereocenters. The summed E-state index contributed by atoms with van der Waals surface area (Å²) >= 11 is 3.33. The van der Waals surface area contributed by atoms with Crippen LogP contribution in [0.3, 0.4) is 0 Å². The molecule has 0 N–H and O–H groups in total. The molecule has 496 valence electrons. The Morgan fingerprint density at radius 1 is 0.198 bits per heavy atom. The fraction of sp³-hybridized carbons (Fsp3) is 0. The highest BCUT2D eigenvalue weighted by molar-refractivity contribution is 7.22. The summed E-state index contributed by atoms with van der Waals surface area (Å²) in [6.07, 6.45) is 0. The predicted octanol–water partition coefficient (Wildman–Crippen LogP) is 25.2. The van der Waals surface area contributed by atoms with Crippen LogP contribution in [0.4, 0.5) is 0 Å². The van der Waals surface area contributed by atoms with Gasteiger partial charge in [-0.05, 0) is 77.9 Å². The first-order valence-corrected chi connectivity index (χ1v) is 36.4. The number of hydrogen-bond donors (Lipinski definition) is 0. The van der Waals surface area contributed by atoms with Crippen molar-refractivity contribution in [3.63, 3.8) is 0 Å². The third-order valence-electron chi connectivity index (χ3n) is 19.6. The van der Waals surface area contributed by atoms with Crippen LogP contribution in [-0.4, -0.2) is 39.9 Å². The molecule has 0 amide bonds. The monoisotopic (exact) mass is 1400 g/mol. The van der Waals surface area contributed by atoms with E-state index in [2.05, 4.69) is 146 Å². The summed E-state index contributed by atoms with van der Waals surface area (Å²) in [7, 11) is 0. The summed E-state index contributed by atoms with van der Waals surface area (Å²) in [6.45, 7) is 0. The standard InChI is InChI=1S/2C46H26N4O2S/c1-2-12-27(13-3-1)43-48-44(29-15-8-14-28(26-29)30-17-9-18-32-31-16-4-6-23-37(31)51-41(30)32)50-45(49-43)34-20-11-24-38-40(34)33-19-10-21-35(42(33)52-38)46-47-36-22-5-7-25-39(36)53-46;1-2-11-28(12-3-1)43-48-44(29-25-23-27(24-26-29)30-14-8-15-32-31-13-4-6-20-37(31)51-41(30)32)50-45(49-43)34-17-10-21-38-40(34)33-16-9-18-35(42(33)52-38)46-47-36-19-5-7-22-39(36)53-46/h2*1-26H. The van der Waals surface area contributed by atoms with Gasteiger partial charge in [-0.15, -0.1) is 22.7 Å². The summed E-state index contributed by atoms with van der Waals surface area (Å²) in [4.78, 5) is 40.5. The molecule has 0 saturated heterocycles. The maximum Gasteiger partial charge on any atom is 0.164 e. The van der Waals surface area contributed by atoms with Gasteiger partial charge in [-0.1, -0.05) is 249 Å². The molecule has 0 spiro atoms. The lowest BCUT2D eigenvalue weighted by Crippen LogP contribution is -2.00. The Kier molecular flexibility index (Phi) is 14.3. The molecule has 0 aliphatic heterocycles. The number of thiazole rings is 2. The largest absolute Gasteiger partial charge is 0.455 e. The fourth-order valence-electron chi connectivity index (χ4n) is 14.6. The Balaban J connectivity index is 0.000000136. The molecular weight excluding hydrogens is 1350 g/mol. The molecule has 14 aromatic carbocycles. The lowest BCUT2D eigenvalue weighted by atomic mass is 10.00. The second-order valence-electron chi connectivity index (χ2n) is 26.0. The van der Waals surface area contributed by atoms with Gasteiger partial charge in [0, 0.05) is 87.6 Å². The highest BCUT2D eigenvalue weighted by Gasteiger charge is 2.25. The number of nitrogens with zero attached hydrogens (tertiary/aromatic N) is 8. The van der Waals surface area contributed by atoms with E-state index in [0.29, 0.717) is 34.9 Å². The van der Waals surface area contributed by atoms with E-state index < -0.39 is 0 Å². The van der Waals surface area contributed by atoms with E-state index in [1.165, 1.54) is 0 Å². The first-order valence-electron chi connectivity index (χ1n) is 34.8. The van der Waals surface area contributed by atoms with Gasteiger partial charge in [0.25, 0.3) is 0 Å². The number of aromatic nitrogens is 8. The van der Waals surface area contributed by atoms with Crippen LogP contribution < -0.4 is 0 Å². The van der Waals surface area contributed by atoms with Gasteiger partial charge in [-0.2, -0.15) is 0 Å². The zero-order valence-electron chi connectivity index (χ0n) is 56.0. The van der Waals surface area contributed by atoms with E-state index in [1.54, 1.807) is 22.7 Å². The molecule has 0 saturated carbocycles. The van der Waals surface area contributed by atoms with Gasteiger partial charge in [-0.3, -0.25) is 0 Å². The maximum atomic E-state index is 6.63. The number of rotatable bonds is 10. The third-order valence-corrected chi connectivity index (χ3v) is 21.7. The van der Waals surface area contributed by atoms with E-state index in [9.17, 15) is 0 Å². The zero-order chi connectivity index (χ0) is 69.8. The van der Waals surface area contributed by atoms with Crippen LogP contribution in [0.25, 0.3) is 220 Å². The Hall–Kier alpha value is -13.9. The van der Waals surface area contributed by atoms with Gasteiger partial charge < -0.3 is 17.7 Å². The first kappa shape index (κ1) is 60.8. The second-order valence-corrected chi connectivity index (χ2v) is 28.0. The molecular formula is C92H52N8O4S2. The smallest absolute Gasteiger partial charge is 0.164 e. The molecule has 0 atom stereocenters. The van der Waals surface area contributed by atoms with Crippen molar-refractivity contribution in [2.24, 2.45) is 0 Å². The molecule has 8 aromatic heterocycles. The van der Waals surface area contributed by atoms with Crippen LogP contribution in [0, 0.1) is 0 Å². The number of benzene rings is 14. The van der Waals surface area contributed by atoms with Crippen LogP contribution >= 0.6 is 22.7 Å². The second kappa shape index (κ2) is 25.0. The molecule has 22 aromatic rings. The minimum absolute atomic E-state index is 0.567. The molecule has 106 heavy (non-hydrogen) atoms. The van der Waals surface area contributed by atoms with Crippen molar-refractivity contribution in [2.45, 2.75) is 0 Å². The first-order chi connectivity index (χ1) is 52.5. The third kappa shape index (κ3) is 10.4. The number of furan rings is 4. The van der Waals surface area contributed by atoms with Crippen molar-refractivity contribution < 1.29 is 17.7 Å². The van der Waals surface area contributed by atoms with Crippen LogP contribution in [0.15, 0.2) is 333 Å². The maximum absolute atomic E-state index is 6.63. The summed E-state index contributed by atoms with van der Waals surface area (Å²) in [5, 5.41) is 10.1. The number of hydrogen-bond acceptors (Lipinski definition) is 14. The van der Waals surface area contributed by atoms with Crippen molar-refractivity contribution in [3.05, 3.63) is 315 Å². The van der Waals surface area contributed by atoms with E-state index in [4.69, 9.17) is 57.5 Å². The lowest BCUT2D eigenvalue weighted by molar-refractivity contribution is 0.669. The van der Waals surface area contributed by atoms with E-state index >= 15 is 0 Å². The summed E-state index contributed by atoms with van der Waals surface area (Å²) < 4.78 is 28.3. The molecule has 8 heterocycles. The Bertz CT molecular complexity index is 7170. The normalized spacial score (nSPS) is 11.8. The molecule has 12 nitrogen and oxygen atoms in total. The topological polar surface area (TPSA) is 156 Å². The summed E-state index contributed by atoms with van der Waals surface area (Å²) in [5.74, 6) is 3.49. The van der Waals surface area contributed by atoms with E-state index in [-0.39, 0.29) is 0 Å². The minimum Gasteiger partial charge on any atom is -0.455 e. The highest BCUT2D eigenvalue weighted by Crippen LogP contribution is 2.46. The van der Waals surface area contributed by atoms with Crippen LogP contribution in [0.1, 0.15) is 0 Å². The molecule has 0 radical (unpaired) electrons. The van der Waals surface area contributed by atoms with E-state index in [0.717, 1.165) is 185 Å². The van der Waals surface area contributed by atoms with E-state index in [1.807, 2.05) is 170 Å². The van der Waals surface area contributed by atoms with Gasteiger partial charge in [0.2, 0.25) is 0 Å². The molecule has 0 fully saturated rings. The van der Waals surface area contributed by atoms with Crippen molar-refractivity contribution in [3.8, 4) is 112 Å².